The first-order valence-electron chi connectivity index (χ1n) is 9.70. The molecule has 2 aromatic heterocycles. The van der Waals surface area contributed by atoms with Gasteiger partial charge >= 0.3 is 0 Å². The van der Waals surface area contributed by atoms with E-state index in [9.17, 15) is 4.79 Å². The second-order valence-corrected chi connectivity index (χ2v) is 7.94. The maximum Gasteiger partial charge on any atom is 0.242 e. The van der Waals surface area contributed by atoms with E-state index in [-0.39, 0.29) is 19.0 Å². The Bertz CT molecular complexity index is 1010. The van der Waals surface area contributed by atoms with Crippen LogP contribution in [0.25, 0.3) is 11.3 Å². The smallest absolute Gasteiger partial charge is 0.242 e. The van der Waals surface area contributed by atoms with Crippen molar-refractivity contribution in [3.05, 3.63) is 58.0 Å². The number of hydrogen-bond acceptors (Lipinski definition) is 6. The number of rotatable bonds is 7. The highest BCUT2D eigenvalue weighted by atomic mass is 35.5. The fourth-order valence-electron chi connectivity index (χ4n) is 3.28. The lowest BCUT2D eigenvalue weighted by Gasteiger charge is -2.25. The number of carbonyl (C=O) groups excluding carboxylic acids is 1. The van der Waals surface area contributed by atoms with Crippen molar-refractivity contribution in [1.29, 1.82) is 0 Å². The fourth-order valence-corrected chi connectivity index (χ4v) is 3.78. The van der Waals surface area contributed by atoms with E-state index in [1.165, 1.54) is 0 Å². The Balaban J connectivity index is 1.27. The third kappa shape index (κ3) is 5.40. The summed E-state index contributed by atoms with van der Waals surface area (Å²) in [4.78, 5) is 14.6. The minimum atomic E-state index is -0.170. The molecule has 1 aromatic carbocycles. The highest BCUT2D eigenvalue weighted by Crippen LogP contribution is 2.31. The zero-order chi connectivity index (χ0) is 20.9. The van der Waals surface area contributed by atoms with Gasteiger partial charge < -0.3 is 15.1 Å². The second-order valence-electron chi connectivity index (χ2n) is 7.10. The first kappa shape index (κ1) is 20.9. The van der Waals surface area contributed by atoms with Gasteiger partial charge in [0.1, 0.15) is 18.1 Å². The molecule has 0 atom stereocenters. The van der Waals surface area contributed by atoms with Crippen LogP contribution in [0.2, 0.25) is 10.0 Å². The Morgan fingerprint density at radius 3 is 2.83 bits per heavy atom. The van der Waals surface area contributed by atoms with Crippen molar-refractivity contribution in [1.82, 2.24) is 30.5 Å². The molecular weight excluding hydrogens is 427 g/mol. The van der Waals surface area contributed by atoms with Crippen LogP contribution in [0.5, 0.6) is 0 Å². The molecule has 1 aliphatic heterocycles. The quantitative estimate of drug-likeness (QED) is 0.577. The van der Waals surface area contributed by atoms with Crippen LogP contribution in [0.4, 0.5) is 0 Å². The number of piperazine rings is 1. The summed E-state index contributed by atoms with van der Waals surface area (Å²) in [6.45, 7) is 5.05. The first-order chi connectivity index (χ1) is 14.6. The van der Waals surface area contributed by atoms with Crippen LogP contribution in [0.3, 0.4) is 0 Å². The molecule has 1 saturated heterocycles. The fraction of sp³-hybridized carbons (Fsp3) is 0.350. The van der Waals surface area contributed by atoms with Crippen LogP contribution in [0, 0.1) is 0 Å². The number of nitrogens with one attached hydrogen (secondary N) is 2. The molecule has 3 heterocycles. The molecule has 1 fully saturated rings. The summed E-state index contributed by atoms with van der Waals surface area (Å²) in [5, 5.41) is 15.4. The number of aromatic nitrogens is 3. The number of hydrogen-bond donors (Lipinski definition) is 2. The lowest BCUT2D eigenvalue weighted by atomic mass is 10.2. The Morgan fingerprint density at radius 1 is 1.20 bits per heavy atom. The van der Waals surface area contributed by atoms with Crippen LogP contribution in [-0.2, 0) is 24.4 Å². The summed E-state index contributed by atoms with van der Waals surface area (Å²) >= 11 is 12.2. The number of benzene rings is 1. The SMILES string of the molecule is O=C(Cn1cc(CN2CCNCC2)nn1)NCc1ccc(-c2ccc(Cl)cc2Cl)o1. The number of furan rings is 1. The molecule has 3 aromatic rings. The first-order valence-corrected chi connectivity index (χ1v) is 10.5. The standard InChI is InChI=1S/C20H22Cl2N6O2/c21-14-1-3-17(18(22)9-14)19-4-2-16(30-19)10-24-20(29)13-28-12-15(25-26-28)11-27-7-5-23-6-8-27/h1-4,9,12,23H,5-8,10-11,13H2,(H,24,29). The predicted molar refractivity (Wildman–Crippen MR) is 114 cm³/mol. The third-order valence-corrected chi connectivity index (χ3v) is 5.35. The van der Waals surface area contributed by atoms with Gasteiger partial charge in [0, 0.05) is 43.3 Å². The van der Waals surface area contributed by atoms with E-state index >= 15 is 0 Å². The van der Waals surface area contributed by atoms with Crippen LogP contribution in [-0.4, -0.2) is 52.0 Å². The van der Waals surface area contributed by atoms with Crippen molar-refractivity contribution in [2.24, 2.45) is 0 Å². The average Bonchev–Trinajstić information content (AvgIpc) is 3.37. The largest absolute Gasteiger partial charge is 0.459 e. The molecule has 0 saturated carbocycles. The molecular formula is C20H22Cl2N6O2. The van der Waals surface area contributed by atoms with Crippen molar-refractivity contribution in [2.45, 2.75) is 19.6 Å². The molecule has 1 aliphatic rings. The molecule has 0 aliphatic carbocycles. The van der Waals surface area contributed by atoms with E-state index in [4.69, 9.17) is 27.6 Å². The van der Waals surface area contributed by atoms with Gasteiger partial charge in [-0.1, -0.05) is 28.4 Å². The van der Waals surface area contributed by atoms with Gasteiger partial charge in [-0.3, -0.25) is 9.69 Å². The highest BCUT2D eigenvalue weighted by Gasteiger charge is 2.14. The van der Waals surface area contributed by atoms with Gasteiger partial charge in [-0.15, -0.1) is 5.10 Å². The molecule has 0 bridgehead atoms. The molecule has 30 heavy (non-hydrogen) atoms. The van der Waals surface area contributed by atoms with E-state index in [1.807, 2.05) is 18.3 Å². The van der Waals surface area contributed by atoms with Gasteiger partial charge in [-0.2, -0.15) is 0 Å². The Hall–Kier alpha value is -2.39. The van der Waals surface area contributed by atoms with E-state index < -0.39 is 0 Å². The van der Waals surface area contributed by atoms with Gasteiger partial charge in [0.15, 0.2) is 0 Å². The van der Waals surface area contributed by atoms with Crippen LogP contribution >= 0.6 is 23.2 Å². The van der Waals surface area contributed by atoms with Gasteiger partial charge in [-0.05, 0) is 30.3 Å². The molecule has 158 valence electrons. The van der Waals surface area contributed by atoms with Gasteiger partial charge in [0.05, 0.1) is 23.5 Å². The zero-order valence-corrected chi connectivity index (χ0v) is 17.8. The molecule has 4 rings (SSSR count). The summed E-state index contributed by atoms with van der Waals surface area (Å²) in [6.07, 6.45) is 1.81. The van der Waals surface area contributed by atoms with E-state index in [0.717, 1.165) is 44.0 Å². The van der Waals surface area contributed by atoms with Crippen LogP contribution in [0.15, 0.2) is 40.9 Å². The molecule has 0 unspecified atom stereocenters. The molecule has 0 radical (unpaired) electrons. The lowest BCUT2D eigenvalue weighted by Crippen LogP contribution is -2.42. The Kier molecular flexibility index (Phi) is 6.69. The van der Waals surface area contributed by atoms with Crippen molar-refractivity contribution >= 4 is 29.1 Å². The second kappa shape index (κ2) is 9.61. The number of amides is 1. The number of halogens is 2. The van der Waals surface area contributed by atoms with Gasteiger partial charge in [0.2, 0.25) is 5.91 Å². The Morgan fingerprint density at radius 2 is 2.03 bits per heavy atom. The minimum Gasteiger partial charge on any atom is -0.459 e. The van der Waals surface area contributed by atoms with Gasteiger partial charge in [0.25, 0.3) is 0 Å². The maximum absolute atomic E-state index is 12.3. The number of nitrogens with zero attached hydrogens (tertiary/aromatic N) is 4. The molecule has 8 nitrogen and oxygen atoms in total. The summed E-state index contributed by atoms with van der Waals surface area (Å²) < 4.78 is 7.34. The molecule has 0 spiro atoms. The van der Waals surface area contributed by atoms with E-state index in [0.29, 0.717) is 21.6 Å². The van der Waals surface area contributed by atoms with E-state index in [2.05, 4.69) is 25.8 Å². The zero-order valence-electron chi connectivity index (χ0n) is 16.3. The number of carbonyl (C=O) groups is 1. The van der Waals surface area contributed by atoms with Crippen molar-refractivity contribution in [2.75, 3.05) is 26.2 Å². The third-order valence-electron chi connectivity index (χ3n) is 4.80. The topological polar surface area (TPSA) is 88.2 Å². The van der Waals surface area contributed by atoms with E-state index in [1.54, 1.807) is 22.9 Å². The van der Waals surface area contributed by atoms with Gasteiger partial charge in [-0.25, -0.2) is 4.68 Å². The predicted octanol–water partition coefficient (Wildman–Crippen LogP) is 2.57. The lowest BCUT2D eigenvalue weighted by molar-refractivity contribution is -0.122. The average molecular weight is 449 g/mol. The van der Waals surface area contributed by atoms with Crippen LogP contribution < -0.4 is 10.6 Å². The highest BCUT2D eigenvalue weighted by molar-refractivity contribution is 6.36. The summed E-state index contributed by atoms with van der Waals surface area (Å²) in [7, 11) is 0. The summed E-state index contributed by atoms with van der Waals surface area (Å²) in [6, 6.07) is 8.84. The molecule has 1 amide bonds. The normalized spacial score (nSPS) is 14.7. The Labute approximate surface area is 184 Å². The van der Waals surface area contributed by atoms with Crippen molar-refractivity contribution in [3.8, 4) is 11.3 Å². The maximum atomic E-state index is 12.3. The van der Waals surface area contributed by atoms with Crippen molar-refractivity contribution < 1.29 is 9.21 Å². The molecule has 2 N–H and O–H groups in total. The van der Waals surface area contributed by atoms with Crippen LogP contribution in [0.1, 0.15) is 11.5 Å². The minimum absolute atomic E-state index is 0.102. The summed E-state index contributed by atoms with van der Waals surface area (Å²) in [5.74, 6) is 1.08. The molecule has 10 heteroatoms. The monoisotopic (exact) mass is 448 g/mol. The summed E-state index contributed by atoms with van der Waals surface area (Å²) in [5.41, 5.74) is 1.61. The van der Waals surface area contributed by atoms with Crippen molar-refractivity contribution in [3.63, 3.8) is 0 Å².